The van der Waals surface area contributed by atoms with E-state index < -0.39 is 23.2 Å². The van der Waals surface area contributed by atoms with Gasteiger partial charge in [0, 0.05) is 18.8 Å². The van der Waals surface area contributed by atoms with Crippen LogP contribution in [0.2, 0.25) is 0 Å². The second-order valence-electron chi connectivity index (χ2n) is 10.0. The van der Waals surface area contributed by atoms with Gasteiger partial charge >= 0.3 is 5.97 Å². The van der Waals surface area contributed by atoms with E-state index in [4.69, 9.17) is 4.74 Å². The van der Waals surface area contributed by atoms with Gasteiger partial charge in [0.25, 0.3) is 0 Å². The molecule has 0 heterocycles. The highest BCUT2D eigenvalue weighted by atomic mass is 19.1. The molecule has 4 rings (SSSR count). The standard InChI is InChI=1S/C23H31FO4/c1-13(25)23(28-14(2)26)10-7-18-16-12-20(24)19-11-15(27)5-8-21(19,3)17(16)6-9-22(18,23)4/h11,16-18,20H,5-10,12H2,1-4H3/t16-,17+,18+,20+,21-,22+,23-/m1/s1. The number of rotatable bonds is 2. The van der Waals surface area contributed by atoms with Gasteiger partial charge in [0.1, 0.15) is 6.17 Å². The Morgan fingerprint density at radius 2 is 1.79 bits per heavy atom. The van der Waals surface area contributed by atoms with Crippen LogP contribution in [0.5, 0.6) is 0 Å². The van der Waals surface area contributed by atoms with Crippen molar-refractivity contribution in [3.05, 3.63) is 11.6 Å². The lowest BCUT2D eigenvalue weighted by Crippen LogP contribution is -2.59. The van der Waals surface area contributed by atoms with E-state index in [0.717, 1.165) is 19.3 Å². The molecule has 0 aromatic heterocycles. The van der Waals surface area contributed by atoms with E-state index in [0.29, 0.717) is 37.2 Å². The number of carbonyl (C=O) groups is 3. The summed E-state index contributed by atoms with van der Waals surface area (Å²) in [5.41, 5.74) is -1.11. The Morgan fingerprint density at radius 1 is 1.11 bits per heavy atom. The summed E-state index contributed by atoms with van der Waals surface area (Å²) in [7, 11) is 0. The van der Waals surface area contributed by atoms with Crippen LogP contribution in [0.3, 0.4) is 0 Å². The summed E-state index contributed by atoms with van der Waals surface area (Å²) in [5, 5.41) is 0. The molecule has 4 aliphatic carbocycles. The molecule has 4 aliphatic rings. The summed E-state index contributed by atoms with van der Waals surface area (Å²) in [6, 6.07) is 0. The maximum Gasteiger partial charge on any atom is 0.303 e. The number of ether oxygens (including phenoxy) is 1. The van der Waals surface area contributed by atoms with Crippen molar-refractivity contribution in [2.24, 2.45) is 28.6 Å². The van der Waals surface area contributed by atoms with Crippen molar-refractivity contribution >= 4 is 17.5 Å². The smallest absolute Gasteiger partial charge is 0.303 e. The first-order valence-electron chi connectivity index (χ1n) is 10.6. The molecule has 0 unspecified atom stereocenters. The number of halogens is 1. The topological polar surface area (TPSA) is 60.4 Å². The maximum atomic E-state index is 15.3. The molecular weight excluding hydrogens is 359 g/mol. The predicted octanol–water partition coefficient (Wildman–Crippen LogP) is 4.36. The van der Waals surface area contributed by atoms with E-state index in [1.165, 1.54) is 13.8 Å². The third kappa shape index (κ3) is 2.43. The fourth-order valence-electron chi connectivity index (χ4n) is 7.62. The average Bonchev–Trinajstić information content (AvgIpc) is 2.90. The molecule has 154 valence electrons. The number of allylic oxidation sites excluding steroid dienone is 1. The molecule has 0 N–H and O–H groups in total. The summed E-state index contributed by atoms with van der Waals surface area (Å²) < 4.78 is 21.0. The zero-order valence-corrected chi connectivity index (χ0v) is 17.3. The molecule has 0 amide bonds. The van der Waals surface area contributed by atoms with Crippen LogP contribution < -0.4 is 0 Å². The fraction of sp³-hybridized carbons (Fsp3) is 0.783. The number of fused-ring (bicyclic) bond motifs is 5. The van der Waals surface area contributed by atoms with Crippen LogP contribution in [0.15, 0.2) is 11.6 Å². The lowest BCUT2D eigenvalue weighted by molar-refractivity contribution is -0.188. The van der Waals surface area contributed by atoms with Crippen molar-refractivity contribution in [2.45, 2.75) is 84.4 Å². The van der Waals surface area contributed by atoms with Crippen LogP contribution in [-0.4, -0.2) is 29.3 Å². The van der Waals surface area contributed by atoms with Gasteiger partial charge in [0.05, 0.1) is 0 Å². The lowest BCUT2D eigenvalue weighted by atomic mass is 9.46. The van der Waals surface area contributed by atoms with Gasteiger partial charge in [-0.15, -0.1) is 0 Å². The molecule has 0 bridgehead atoms. The lowest BCUT2D eigenvalue weighted by Gasteiger charge is -2.59. The Balaban J connectivity index is 1.73. The normalized spacial score (nSPS) is 47.5. The fourth-order valence-corrected chi connectivity index (χ4v) is 7.62. The molecule has 0 aromatic carbocycles. The molecule has 3 saturated carbocycles. The van der Waals surface area contributed by atoms with Crippen LogP contribution in [0, 0.1) is 28.6 Å². The second kappa shape index (κ2) is 6.24. The highest BCUT2D eigenvalue weighted by Crippen LogP contribution is 2.68. The van der Waals surface area contributed by atoms with Gasteiger partial charge in [0.15, 0.2) is 17.2 Å². The van der Waals surface area contributed by atoms with E-state index >= 15 is 4.39 Å². The molecule has 28 heavy (non-hydrogen) atoms. The molecule has 3 fully saturated rings. The SMILES string of the molecule is CC(=O)O[C@@]1(C(C)=O)CC[C@H]2[C@@H]3C[C@H](F)C4=CC(=O)CC[C@]4(C)[C@H]3CC[C@@]21C. The minimum Gasteiger partial charge on any atom is -0.451 e. The van der Waals surface area contributed by atoms with E-state index in [9.17, 15) is 14.4 Å². The Morgan fingerprint density at radius 3 is 2.43 bits per heavy atom. The summed E-state index contributed by atoms with van der Waals surface area (Å²) in [6.45, 7) is 7.10. The molecule has 0 radical (unpaired) electrons. The van der Waals surface area contributed by atoms with E-state index in [-0.39, 0.29) is 28.8 Å². The van der Waals surface area contributed by atoms with Crippen molar-refractivity contribution in [1.82, 2.24) is 0 Å². The molecule has 0 aromatic rings. The largest absolute Gasteiger partial charge is 0.451 e. The molecular formula is C23H31FO4. The number of Topliss-reactive ketones (excluding diaryl/α,β-unsaturated/α-hetero) is 1. The Labute approximate surface area is 166 Å². The van der Waals surface area contributed by atoms with Gasteiger partial charge in [-0.3, -0.25) is 14.4 Å². The van der Waals surface area contributed by atoms with Crippen LogP contribution in [0.25, 0.3) is 0 Å². The van der Waals surface area contributed by atoms with Gasteiger partial charge in [-0.05, 0) is 80.3 Å². The summed E-state index contributed by atoms with van der Waals surface area (Å²) in [5.74, 6) is 0.158. The van der Waals surface area contributed by atoms with Crippen LogP contribution in [0.4, 0.5) is 4.39 Å². The van der Waals surface area contributed by atoms with Crippen molar-refractivity contribution in [1.29, 1.82) is 0 Å². The molecule has 7 atom stereocenters. The number of ketones is 2. The summed E-state index contributed by atoms with van der Waals surface area (Å²) in [4.78, 5) is 36.5. The summed E-state index contributed by atoms with van der Waals surface area (Å²) in [6.07, 6.45) is 5.07. The van der Waals surface area contributed by atoms with Crippen molar-refractivity contribution in [2.75, 3.05) is 0 Å². The molecule has 4 nitrogen and oxygen atoms in total. The van der Waals surface area contributed by atoms with Crippen molar-refractivity contribution < 1.29 is 23.5 Å². The molecule has 0 saturated heterocycles. The average molecular weight is 390 g/mol. The Kier molecular flexibility index (Phi) is 4.41. The molecule has 5 heteroatoms. The Hall–Kier alpha value is -1.52. The van der Waals surface area contributed by atoms with Gasteiger partial charge in [0.2, 0.25) is 0 Å². The highest BCUT2D eigenvalue weighted by Gasteiger charge is 2.68. The van der Waals surface area contributed by atoms with Crippen molar-refractivity contribution in [3.63, 3.8) is 0 Å². The van der Waals surface area contributed by atoms with Gasteiger partial charge in [-0.2, -0.15) is 0 Å². The zero-order valence-electron chi connectivity index (χ0n) is 17.3. The van der Waals surface area contributed by atoms with E-state index in [1.807, 2.05) is 0 Å². The van der Waals surface area contributed by atoms with Crippen LogP contribution >= 0.6 is 0 Å². The predicted molar refractivity (Wildman–Crippen MR) is 102 cm³/mol. The maximum absolute atomic E-state index is 15.3. The van der Waals surface area contributed by atoms with Crippen LogP contribution in [0.1, 0.15) is 72.6 Å². The van der Waals surface area contributed by atoms with Gasteiger partial charge < -0.3 is 4.74 Å². The van der Waals surface area contributed by atoms with E-state index in [1.54, 1.807) is 6.08 Å². The van der Waals surface area contributed by atoms with E-state index in [2.05, 4.69) is 13.8 Å². The van der Waals surface area contributed by atoms with Crippen LogP contribution in [-0.2, 0) is 19.1 Å². The van der Waals surface area contributed by atoms with Gasteiger partial charge in [-0.1, -0.05) is 13.8 Å². The number of hydrogen-bond donors (Lipinski definition) is 0. The number of esters is 1. The van der Waals surface area contributed by atoms with Gasteiger partial charge in [-0.25, -0.2) is 4.39 Å². The quantitative estimate of drug-likeness (QED) is 0.658. The Bertz CT molecular complexity index is 773. The number of hydrogen-bond acceptors (Lipinski definition) is 4. The second-order valence-corrected chi connectivity index (χ2v) is 10.0. The summed E-state index contributed by atoms with van der Waals surface area (Å²) >= 11 is 0. The first kappa shape index (κ1) is 19.8. The third-order valence-corrected chi connectivity index (χ3v) is 8.94. The highest BCUT2D eigenvalue weighted by molar-refractivity contribution is 5.92. The minimum atomic E-state index is -1.10. The minimum absolute atomic E-state index is 0.0422. The molecule has 0 aliphatic heterocycles. The number of alkyl halides is 1. The van der Waals surface area contributed by atoms with Crippen molar-refractivity contribution in [3.8, 4) is 0 Å². The first-order valence-corrected chi connectivity index (χ1v) is 10.6. The number of carbonyl (C=O) groups excluding carboxylic acids is 3. The monoisotopic (exact) mass is 390 g/mol. The third-order valence-electron chi connectivity index (χ3n) is 8.94. The molecule has 0 spiro atoms. The first-order chi connectivity index (χ1) is 13.0. The zero-order chi connectivity index (χ0) is 20.5.